The fourth-order valence-electron chi connectivity index (χ4n) is 0.586. The molecular weight excluding hydrogens is 216 g/mol. The van der Waals surface area contributed by atoms with Gasteiger partial charge < -0.3 is 4.98 Å². The Balaban J connectivity index is 3.32. The van der Waals surface area contributed by atoms with Gasteiger partial charge in [-0.1, -0.05) is 0 Å². The minimum Gasteiger partial charge on any atom is -0.311 e. The van der Waals surface area contributed by atoms with E-state index in [-0.39, 0.29) is 0 Å². The van der Waals surface area contributed by atoms with E-state index in [1.54, 1.807) is 0 Å². The molecule has 0 spiro atoms. The van der Waals surface area contributed by atoms with Crippen LogP contribution in [0.1, 0.15) is 0 Å². The van der Waals surface area contributed by atoms with Crippen LogP contribution in [0.2, 0.25) is 0 Å². The quantitative estimate of drug-likeness (QED) is 0.435. The highest BCUT2D eigenvalue weighted by Crippen LogP contribution is 2.06. The van der Waals surface area contributed by atoms with Gasteiger partial charge in [-0.05, 0) is 22.0 Å². The van der Waals surface area contributed by atoms with Gasteiger partial charge in [0.2, 0.25) is 0 Å². The van der Waals surface area contributed by atoms with Crippen LogP contribution in [-0.2, 0) is 0 Å². The average Bonchev–Trinajstić information content (AvgIpc) is 1.85. The number of aromatic nitrogens is 1. The molecule has 0 amide bonds. The number of hydrogen-bond acceptors (Lipinski definition) is 3. The van der Waals surface area contributed by atoms with E-state index in [1.807, 2.05) is 0 Å². The van der Waals surface area contributed by atoms with Crippen molar-refractivity contribution in [1.82, 2.24) is 4.98 Å². The van der Waals surface area contributed by atoms with Gasteiger partial charge in [0.05, 0.1) is 9.53 Å². The minimum atomic E-state index is -0.731. The summed E-state index contributed by atoms with van der Waals surface area (Å²) in [6, 6.07) is 2.54. The second kappa shape index (κ2) is 2.83. The SMILES string of the molecule is O=c1[nH]c(Br)ccc1[N+](=O)[O-]. The molecule has 0 atom stereocenters. The van der Waals surface area contributed by atoms with Crippen molar-refractivity contribution in [3.05, 3.63) is 37.2 Å². The van der Waals surface area contributed by atoms with Crippen molar-refractivity contribution in [1.29, 1.82) is 0 Å². The smallest absolute Gasteiger partial charge is 0.311 e. The number of nitro groups is 1. The average molecular weight is 219 g/mol. The molecule has 1 N–H and O–H groups in total. The fourth-order valence-corrected chi connectivity index (χ4v) is 0.898. The standard InChI is InChI=1S/C5H3BrN2O3/c6-4-2-1-3(8(10)11)5(9)7-4/h1-2H,(H,7,9). The Bertz CT molecular complexity index is 346. The topological polar surface area (TPSA) is 76.0 Å². The first-order valence-corrected chi connectivity index (χ1v) is 3.44. The number of halogens is 1. The Labute approximate surface area is 69.3 Å². The molecule has 0 radical (unpaired) electrons. The zero-order chi connectivity index (χ0) is 8.43. The molecule has 1 heterocycles. The summed E-state index contributed by atoms with van der Waals surface area (Å²) in [4.78, 5) is 22.4. The van der Waals surface area contributed by atoms with Gasteiger partial charge in [-0.25, -0.2) is 0 Å². The third kappa shape index (κ3) is 1.64. The van der Waals surface area contributed by atoms with Crippen molar-refractivity contribution in [2.75, 3.05) is 0 Å². The number of aromatic amines is 1. The molecule has 0 saturated carbocycles. The van der Waals surface area contributed by atoms with E-state index in [2.05, 4.69) is 20.9 Å². The third-order valence-electron chi connectivity index (χ3n) is 1.05. The van der Waals surface area contributed by atoms with Gasteiger partial charge in [-0.2, -0.15) is 0 Å². The highest BCUT2D eigenvalue weighted by Gasteiger charge is 2.10. The molecule has 1 rings (SSSR count). The largest absolute Gasteiger partial charge is 0.333 e. The molecule has 0 unspecified atom stereocenters. The Kier molecular flexibility index (Phi) is 2.04. The van der Waals surface area contributed by atoms with Crippen LogP contribution in [-0.4, -0.2) is 9.91 Å². The molecule has 11 heavy (non-hydrogen) atoms. The van der Waals surface area contributed by atoms with E-state index in [9.17, 15) is 14.9 Å². The maximum Gasteiger partial charge on any atom is 0.333 e. The van der Waals surface area contributed by atoms with Crippen LogP contribution in [0.4, 0.5) is 5.69 Å². The summed E-state index contributed by atoms with van der Waals surface area (Å²) in [6.45, 7) is 0. The highest BCUT2D eigenvalue weighted by molar-refractivity contribution is 9.10. The van der Waals surface area contributed by atoms with Crippen molar-refractivity contribution < 1.29 is 4.92 Å². The van der Waals surface area contributed by atoms with E-state index in [4.69, 9.17) is 0 Å². The Hall–Kier alpha value is -1.17. The van der Waals surface area contributed by atoms with Crippen LogP contribution in [0.3, 0.4) is 0 Å². The van der Waals surface area contributed by atoms with Crippen LogP contribution >= 0.6 is 15.9 Å². The number of hydrogen-bond donors (Lipinski definition) is 1. The first kappa shape index (κ1) is 7.93. The molecule has 6 heteroatoms. The summed E-state index contributed by atoms with van der Waals surface area (Å²) >= 11 is 2.97. The molecule has 0 fully saturated rings. The second-order valence-corrected chi connectivity index (χ2v) is 2.63. The predicted molar refractivity (Wildman–Crippen MR) is 41.4 cm³/mol. The molecule has 1 aromatic rings. The van der Waals surface area contributed by atoms with E-state index in [1.165, 1.54) is 6.07 Å². The lowest BCUT2D eigenvalue weighted by Gasteiger charge is -1.89. The van der Waals surface area contributed by atoms with E-state index < -0.39 is 16.2 Å². The molecular formula is C5H3BrN2O3. The van der Waals surface area contributed by atoms with Gasteiger partial charge in [0.1, 0.15) is 0 Å². The van der Waals surface area contributed by atoms with Gasteiger partial charge >= 0.3 is 11.2 Å². The van der Waals surface area contributed by atoms with Crippen molar-refractivity contribution in [3.63, 3.8) is 0 Å². The molecule has 0 saturated heterocycles. The molecule has 0 aliphatic heterocycles. The first-order chi connectivity index (χ1) is 5.11. The van der Waals surface area contributed by atoms with Gasteiger partial charge in [0.25, 0.3) is 0 Å². The van der Waals surface area contributed by atoms with E-state index in [0.717, 1.165) is 6.07 Å². The van der Waals surface area contributed by atoms with Crippen molar-refractivity contribution >= 4 is 21.6 Å². The van der Waals surface area contributed by atoms with Crippen LogP contribution in [0.5, 0.6) is 0 Å². The maximum absolute atomic E-state index is 10.8. The second-order valence-electron chi connectivity index (χ2n) is 1.78. The lowest BCUT2D eigenvalue weighted by molar-refractivity contribution is -0.386. The minimum absolute atomic E-state index is 0.424. The predicted octanol–water partition coefficient (Wildman–Crippen LogP) is 1.05. The molecule has 0 aliphatic rings. The fraction of sp³-hybridized carbons (Fsp3) is 0. The summed E-state index contributed by atoms with van der Waals surface area (Å²) in [5, 5.41) is 10.1. The number of nitrogens with zero attached hydrogens (tertiary/aromatic N) is 1. The monoisotopic (exact) mass is 218 g/mol. The van der Waals surface area contributed by atoms with Gasteiger partial charge in [0, 0.05) is 6.07 Å². The van der Waals surface area contributed by atoms with Crippen LogP contribution < -0.4 is 5.56 Å². The Morgan fingerprint density at radius 1 is 1.55 bits per heavy atom. The molecule has 0 aromatic carbocycles. The van der Waals surface area contributed by atoms with E-state index in [0.29, 0.717) is 4.60 Å². The molecule has 5 nitrogen and oxygen atoms in total. The highest BCUT2D eigenvalue weighted by atomic mass is 79.9. The zero-order valence-electron chi connectivity index (χ0n) is 5.20. The summed E-state index contributed by atoms with van der Waals surface area (Å²) < 4.78 is 0.424. The number of pyridine rings is 1. The summed E-state index contributed by atoms with van der Waals surface area (Å²) in [6.07, 6.45) is 0. The number of nitrogens with one attached hydrogen (secondary N) is 1. The Morgan fingerprint density at radius 3 is 2.64 bits per heavy atom. The Morgan fingerprint density at radius 2 is 2.18 bits per heavy atom. The van der Waals surface area contributed by atoms with Crippen LogP contribution in [0, 0.1) is 10.1 Å². The molecule has 1 aromatic heterocycles. The van der Waals surface area contributed by atoms with Crippen molar-refractivity contribution in [2.45, 2.75) is 0 Å². The molecule has 0 bridgehead atoms. The molecule has 58 valence electrons. The van der Waals surface area contributed by atoms with Crippen LogP contribution in [0.25, 0.3) is 0 Å². The summed E-state index contributed by atoms with van der Waals surface area (Å²) in [5.74, 6) is 0. The van der Waals surface area contributed by atoms with Crippen molar-refractivity contribution in [3.8, 4) is 0 Å². The lowest BCUT2D eigenvalue weighted by atomic mass is 10.4. The maximum atomic E-state index is 10.8. The first-order valence-electron chi connectivity index (χ1n) is 2.64. The summed E-state index contributed by atoms with van der Waals surface area (Å²) in [5.41, 5.74) is -1.16. The van der Waals surface area contributed by atoms with Crippen LogP contribution in [0.15, 0.2) is 21.5 Å². The van der Waals surface area contributed by atoms with Crippen molar-refractivity contribution in [2.24, 2.45) is 0 Å². The zero-order valence-corrected chi connectivity index (χ0v) is 6.79. The van der Waals surface area contributed by atoms with Gasteiger partial charge in [-0.3, -0.25) is 14.9 Å². The number of H-pyrrole nitrogens is 1. The van der Waals surface area contributed by atoms with E-state index >= 15 is 0 Å². The third-order valence-corrected chi connectivity index (χ3v) is 1.51. The summed E-state index contributed by atoms with van der Waals surface area (Å²) in [7, 11) is 0. The molecule has 0 aliphatic carbocycles. The lowest BCUT2D eigenvalue weighted by Crippen LogP contribution is -2.10. The van der Waals surface area contributed by atoms with Gasteiger partial charge in [-0.15, -0.1) is 0 Å². The normalized spacial score (nSPS) is 9.55. The van der Waals surface area contributed by atoms with Gasteiger partial charge in [0.15, 0.2) is 0 Å². The number of rotatable bonds is 1.